The van der Waals surface area contributed by atoms with Crippen molar-refractivity contribution in [1.82, 2.24) is 9.97 Å². The second-order valence-electron chi connectivity index (χ2n) is 2.16. The van der Waals surface area contributed by atoms with Crippen LogP contribution < -0.4 is 4.74 Å². The van der Waals surface area contributed by atoms with Gasteiger partial charge in [0.1, 0.15) is 12.8 Å². The number of hydrogen-bond donors (Lipinski definition) is 1. The van der Waals surface area contributed by atoms with Crippen LogP contribution in [0.25, 0.3) is 0 Å². The molecule has 76 valence electrons. The Bertz CT molecular complexity index is 346. The Morgan fingerprint density at radius 3 is 3.00 bits per heavy atom. The van der Waals surface area contributed by atoms with E-state index in [-0.39, 0.29) is 30.1 Å². The summed E-state index contributed by atoms with van der Waals surface area (Å²) in [7, 11) is 0. The molecule has 1 aromatic rings. The summed E-state index contributed by atoms with van der Waals surface area (Å²) >= 11 is 5.41. The summed E-state index contributed by atoms with van der Waals surface area (Å²) in [4.78, 5) is 16.7. The van der Waals surface area contributed by atoms with Gasteiger partial charge in [0.2, 0.25) is 5.28 Å². The summed E-state index contributed by atoms with van der Waals surface area (Å²) in [6.07, 6.45) is 0.946. The number of rotatable bonds is 4. The minimum Gasteiger partial charge on any atom is -0.470 e. The molecule has 0 atom stereocenters. The molecule has 0 bridgehead atoms. The molecular formula is C6H6ClN3O4. The van der Waals surface area contributed by atoms with Crippen LogP contribution in [0.5, 0.6) is 5.88 Å². The molecule has 14 heavy (non-hydrogen) atoms. The summed E-state index contributed by atoms with van der Waals surface area (Å²) in [5.41, 5.74) is -0.386. The Labute approximate surface area is 83.5 Å². The van der Waals surface area contributed by atoms with Crippen LogP contribution in [-0.4, -0.2) is 33.2 Å². The molecule has 1 N–H and O–H groups in total. The van der Waals surface area contributed by atoms with Crippen molar-refractivity contribution in [3.63, 3.8) is 0 Å². The van der Waals surface area contributed by atoms with E-state index in [2.05, 4.69) is 9.97 Å². The van der Waals surface area contributed by atoms with E-state index in [9.17, 15) is 10.1 Å². The number of halogens is 1. The van der Waals surface area contributed by atoms with Gasteiger partial charge in [-0.3, -0.25) is 10.1 Å². The highest BCUT2D eigenvalue weighted by atomic mass is 35.5. The highest BCUT2D eigenvalue weighted by Gasteiger charge is 2.17. The fourth-order valence-corrected chi connectivity index (χ4v) is 0.839. The maximum absolute atomic E-state index is 10.4. The average Bonchev–Trinajstić information content (AvgIpc) is 2.14. The molecule has 0 aliphatic rings. The highest BCUT2D eigenvalue weighted by Crippen LogP contribution is 2.23. The number of ether oxygens (including phenoxy) is 1. The molecule has 0 saturated heterocycles. The summed E-state index contributed by atoms with van der Waals surface area (Å²) in [5, 5.41) is 18.7. The molecule has 1 heterocycles. The van der Waals surface area contributed by atoms with Gasteiger partial charge in [-0.15, -0.1) is 0 Å². The normalized spacial score (nSPS) is 9.86. The van der Waals surface area contributed by atoms with Crippen molar-refractivity contribution in [2.45, 2.75) is 0 Å². The first kappa shape index (κ1) is 10.6. The van der Waals surface area contributed by atoms with Gasteiger partial charge in [-0.25, -0.2) is 4.98 Å². The van der Waals surface area contributed by atoms with Crippen LogP contribution in [-0.2, 0) is 0 Å². The van der Waals surface area contributed by atoms with Crippen molar-refractivity contribution in [3.05, 3.63) is 21.6 Å². The van der Waals surface area contributed by atoms with E-state index in [1.165, 1.54) is 0 Å². The molecule has 0 radical (unpaired) electrons. The Morgan fingerprint density at radius 1 is 1.71 bits per heavy atom. The lowest BCUT2D eigenvalue weighted by Crippen LogP contribution is -2.06. The molecule has 0 aliphatic heterocycles. The number of aliphatic hydroxyl groups excluding tert-OH is 1. The topological polar surface area (TPSA) is 98.4 Å². The second-order valence-corrected chi connectivity index (χ2v) is 2.50. The molecular weight excluding hydrogens is 214 g/mol. The summed E-state index contributed by atoms with van der Waals surface area (Å²) in [5.74, 6) is -0.246. The van der Waals surface area contributed by atoms with Crippen molar-refractivity contribution >= 4 is 17.3 Å². The molecule has 1 rings (SSSR count). The van der Waals surface area contributed by atoms with Crippen molar-refractivity contribution in [2.24, 2.45) is 0 Å². The van der Waals surface area contributed by atoms with Crippen molar-refractivity contribution < 1.29 is 14.8 Å². The van der Waals surface area contributed by atoms with Crippen LogP contribution in [0.3, 0.4) is 0 Å². The maximum atomic E-state index is 10.4. The smallest absolute Gasteiger partial charge is 0.349 e. The van der Waals surface area contributed by atoms with Gasteiger partial charge in [-0.1, -0.05) is 0 Å². The van der Waals surface area contributed by atoms with Crippen molar-refractivity contribution in [1.29, 1.82) is 0 Å². The zero-order valence-corrected chi connectivity index (χ0v) is 7.64. The minimum absolute atomic E-state index is 0.0891. The van der Waals surface area contributed by atoms with Crippen LogP contribution in [0, 0.1) is 10.1 Å². The lowest BCUT2D eigenvalue weighted by Gasteiger charge is -2.02. The third-order valence-corrected chi connectivity index (χ3v) is 1.42. The lowest BCUT2D eigenvalue weighted by molar-refractivity contribution is -0.386. The molecule has 0 spiro atoms. The predicted octanol–water partition coefficient (Wildman–Crippen LogP) is 0.409. The molecule has 1 aromatic heterocycles. The van der Waals surface area contributed by atoms with E-state index in [0.717, 1.165) is 6.20 Å². The van der Waals surface area contributed by atoms with E-state index in [1.54, 1.807) is 0 Å². The first-order valence-electron chi connectivity index (χ1n) is 3.55. The van der Waals surface area contributed by atoms with E-state index < -0.39 is 4.92 Å². The molecule has 0 amide bonds. The van der Waals surface area contributed by atoms with Gasteiger partial charge in [0.05, 0.1) is 11.5 Å². The number of hydrogen-bond acceptors (Lipinski definition) is 6. The van der Waals surface area contributed by atoms with Crippen LogP contribution in [0.15, 0.2) is 6.20 Å². The highest BCUT2D eigenvalue weighted by molar-refractivity contribution is 6.28. The third-order valence-electron chi connectivity index (χ3n) is 1.23. The second kappa shape index (κ2) is 4.68. The molecule has 0 aliphatic carbocycles. The maximum Gasteiger partial charge on any atom is 0.349 e. The quantitative estimate of drug-likeness (QED) is 0.447. The summed E-state index contributed by atoms with van der Waals surface area (Å²) in [6, 6.07) is 0. The fraction of sp³-hybridized carbons (Fsp3) is 0.333. The average molecular weight is 220 g/mol. The van der Waals surface area contributed by atoms with Gasteiger partial charge in [0.25, 0.3) is 5.88 Å². The van der Waals surface area contributed by atoms with Crippen molar-refractivity contribution in [2.75, 3.05) is 13.2 Å². The number of aliphatic hydroxyl groups is 1. The molecule has 0 unspecified atom stereocenters. The van der Waals surface area contributed by atoms with Crippen LogP contribution in [0.1, 0.15) is 0 Å². The SMILES string of the molecule is O=[N+]([O-])c1cnc(Cl)nc1OCCO. The Hall–Kier alpha value is -1.47. The Balaban J connectivity index is 2.97. The first-order valence-corrected chi connectivity index (χ1v) is 3.93. The summed E-state index contributed by atoms with van der Waals surface area (Å²) in [6.45, 7) is -0.354. The van der Waals surface area contributed by atoms with E-state index in [0.29, 0.717) is 0 Å². The Kier molecular flexibility index (Phi) is 3.55. The van der Waals surface area contributed by atoms with Crippen LogP contribution >= 0.6 is 11.6 Å². The standard InChI is InChI=1S/C6H6ClN3O4/c7-6-8-3-4(10(12)13)5(9-6)14-2-1-11/h3,11H,1-2H2. The van der Waals surface area contributed by atoms with E-state index in [1.807, 2.05) is 0 Å². The fourth-order valence-electron chi connectivity index (χ4n) is 0.713. The molecule has 7 nitrogen and oxygen atoms in total. The van der Waals surface area contributed by atoms with Crippen LogP contribution in [0.4, 0.5) is 5.69 Å². The molecule has 0 aromatic carbocycles. The van der Waals surface area contributed by atoms with E-state index >= 15 is 0 Å². The van der Waals surface area contributed by atoms with Gasteiger partial charge >= 0.3 is 5.69 Å². The zero-order chi connectivity index (χ0) is 10.6. The molecule has 8 heteroatoms. The van der Waals surface area contributed by atoms with Gasteiger partial charge in [-0.2, -0.15) is 4.98 Å². The molecule has 0 fully saturated rings. The largest absolute Gasteiger partial charge is 0.470 e. The van der Waals surface area contributed by atoms with Crippen molar-refractivity contribution in [3.8, 4) is 5.88 Å². The van der Waals surface area contributed by atoms with E-state index in [4.69, 9.17) is 21.4 Å². The first-order chi connectivity index (χ1) is 6.65. The van der Waals surface area contributed by atoms with Crippen LogP contribution in [0.2, 0.25) is 5.28 Å². The van der Waals surface area contributed by atoms with Gasteiger partial charge < -0.3 is 9.84 Å². The number of aromatic nitrogens is 2. The molecule has 0 saturated carbocycles. The zero-order valence-electron chi connectivity index (χ0n) is 6.88. The van der Waals surface area contributed by atoms with Gasteiger partial charge in [0, 0.05) is 0 Å². The monoisotopic (exact) mass is 219 g/mol. The number of nitro groups is 1. The van der Waals surface area contributed by atoms with Gasteiger partial charge in [-0.05, 0) is 11.6 Å². The predicted molar refractivity (Wildman–Crippen MR) is 46.3 cm³/mol. The lowest BCUT2D eigenvalue weighted by atomic mass is 10.5. The Morgan fingerprint density at radius 2 is 2.43 bits per heavy atom. The minimum atomic E-state index is -0.691. The van der Waals surface area contributed by atoms with Gasteiger partial charge in [0.15, 0.2) is 0 Å². The third kappa shape index (κ3) is 2.51. The summed E-state index contributed by atoms with van der Waals surface area (Å²) < 4.78 is 4.80. The number of nitrogens with zero attached hydrogens (tertiary/aromatic N) is 3.